The summed E-state index contributed by atoms with van der Waals surface area (Å²) in [6.07, 6.45) is 0. The van der Waals surface area contributed by atoms with E-state index in [9.17, 15) is 9.59 Å². The summed E-state index contributed by atoms with van der Waals surface area (Å²) in [5.41, 5.74) is 0. The summed E-state index contributed by atoms with van der Waals surface area (Å²) in [5.74, 6) is 2.15. The number of hydrogen-bond acceptors (Lipinski definition) is 5. The largest absolute Gasteiger partial charge is 0.342 e. The molecule has 0 aliphatic carbocycles. The van der Waals surface area contributed by atoms with Gasteiger partial charge in [-0.3, -0.25) is 19.8 Å². The molecule has 9 heteroatoms. The second kappa shape index (κ2) is 11.4. The fourth-order valence-corrected chi connectivity index (χ4v) is 3.70. The third-order valence-electron chi connectivity index (χ3n) is 4.17. The Hall–Kier alpha value is -0.210. The Morgan fingerprint density at radius 3 is 2.22 bits per heavy atom. The Labute approximate surface area is 155 Å². The van der Waals surface area contributed by atoms with Crippen molar-refractivity contribution in [2.24, 2.45) is 0 Å². The standard InChI is InChI=1S/C14H26N4O2S.2ClH/c1-3-17(4-2)13(19)9-16-5-7-18(8-6-16)14(20)12-10-21-11-15-12;;/h12,15H,3-11H2,1-2H3;2*1H. The van der Waals surface area contributed by atoms with Crippen LogP contribution in [0, 0.1) is 0 Å². The van der Waals surface area contributed by atoms with E-state index in [-0.39, 0.29) is 42.7 Å². The van der Waals surface area contributed by atoms with Crippen molar-refractivity contribution < 1.29 is 9.59 Å². The quantitative estimate of drug-likeness (QED) is 0.745. The lowest BCUT2D eigenvalue weighted by molar-refractivity contribution is -0.135. The number of nitrogens with zero attached hydrogens (tertiary/aromatic N) is 3. The zero-order chi connectivity index (χ0) is 15.2. The number of carbonyl (C=O) groups excluding carboxylic acids is 2. The van der Waals surface area contributed by atoms with Gasteiger partial charge in [0.2, 0.25) is 11.8 Å². The predicted octanol–water partition coefficient (Wildman–Crippen LogP) is 0.505. The Morgan fingerprint density at radius 2 is 1.74 bits per heavy atom. The van der Waals surface area contributed by atoms with E-state index >= 15 is 0 Å². The van der Waals surface area contributed by atoms with Gasteiger partial charge in [0.15, 0.2) is 0 Å². The Kier molecular flexibility index (Phi) is 11.3. The summed E-state index contributed by atoms with van der Waals surface area (Å²) < 4.78 is 0. The van der Waals surface area contributed by atoms with E-state index in [2.05, 4.69) is 10.2 Å². The minimum atomic E-state index is -0.0149. The van der Waals surface area contributed by atoms with Crippen molar-refractivity contribution in [2.75, 3.05) is 57.4 Å². The number of nitrogens with one attached hydrogen (secondary N) is 1. The lowest BCUT2D eigenvalue weighted by Gasteiger charge is -2.36. The van der Waals surface area contributed by atoms with Crippen LogP contribution in [0.25, 0.3) is 0 Å². The van der Waals surface area contributed by atoms with Gasteiger partial charge in [0.1, 0.15) is 0 Å². The summed E-state index contributed by atoms with van der Waals surface area (Å²) in [7, 11) is 0. The van der Waals surface area contributed by atoms with Crippen molar-refractivity contribution in [1.82, 2.24) is 20.0 Å². The molecule has 1 unspecified atom stereocenters. The van der Waals surface area contributed by atoms with E-state index in [0.29, 0.717) is 6.54 Å². The van der Waals surface area contributed by atoms with Crippen LogP contribution in [-0.2, 0) is 9.59 Å². The lowest BCUT2D eigenvalue weighted by Crippen LogP contribution is -2.55. The summed E-state index contributed by atoms with van der Waals surface area (Å²) >= 11 is 1.77. The van der Waals surface area contributed by atoms with Gasteiger partial charge >= 0.3 is 0 Å². The molecule has 2 aliphatic heterocycles. The SMILES string of the molecule is CCN(CC)C(=O)CN1CCN(C(=O)C2CSCN2)CC1.Cl.Cl. The minimum absolute atomic E-state index is 0. The number of likely N-dealkylation sites (N-methyl/N-ethyl adjacent to an activating group) is 1. The third kappa shape index (κ3) is 6.31. The van der Waals surface area contributed by atoms with Crippen LogP contribution < -0.4 is 5.32 Å². The normalized spacial score (nSPS) is 21.3. The van der Waals surface area contributed by atoms with E-state index in [1.807, 2.05) is 23.6 Å². The maximum Gasteiger partial charge on any atom is 0.240 e. The molecule has 2 rings (SSSR count). The summed E-state index contributed by atoms with van der Waals surface area (Å²) in [4.78, 5) is 30.3. The highest BCUT2D eigenvalue weighted by atomic mass is 35.5. The van der Waals surface area contributed by atoms with Crippen LogP contribution in [-0.4, -0.2) is 90.0 Å². The second-order valence-electron chi connectivity index (χ2n) is 5.44. The van der Waals surface area contributed by atoms with Gasteiger partial charge in [0.25, 0.3) is 0 Å². The Bertz CT molecular complexity index is 372. The topological polar surface area (TPSA) is 55.9 Å². The predicted molar refractivity (Wildman–Crippen MR) is 99.7 cm³/mol. The molecule has 0 aromatic rings. The molecule has 136 valence electrons. The molecule has 2 aliphatic rings. The highest BCUT2D eigenvalue weighted by Gasteiger charge is 2.30. The van der Waals surface area contributed by atoms with Gasteiger partial charge < -0.3 is 9.80 Å². The van der Waals surface area contributed by atoms with E-state index in [4.69, 9.17) is 0 Å². The number of thioether (sulfide) groups is 1. The first-order valence-electron chi connectivity index (χ1n) is 7.75. The van der Waals surface area contributed by atoms with Gasteiger partial charge in [-0.1, -0.05) is 0 Å². The summed E-state index contributed by atoms with van der Waals surface area (Å²) in [6, 6.07) is -0.0149. The van der Waals surface area contributed by atoms with Crippen molar-refractivity contribution in [3.63, 3.8) is 0 Å². The monoisotopic (exact) mass is 386 g/mol. The molecule has 1 atom stereocenters. The first-order valence-corrected chi connectivity index (χ1v) is 8.91. The van der Waals surface area contributed by atoms with Gasteiger partial charge in [-0.25, -0.2) is 0 Å². The maximum atomic E-state index is 12.3. The molecule has 2 saturated heterocycles. The highest BCUT2D eigenvalue weighted by molar-refractivity contribution is 7.99. The smallest absolute Gasteiger partial charge is 0.240 e. The van der Waals surface area contributed by atoms with E-state index < -0.39 is 0 Å². The molecule has 2 fully saturated rings. The van der Waals surface area contributed by atoms with Crippen LogP contribution >= 0.6 is 36.6 Å². The zero-order valence-corrected chi connectivity index (χ0v) is 16.3. The van der Waals surface area contributed by atoms with Gasteiger partial charge in [-0.2, -0.15) is 0 Å². The molecule has 2 heterocycles. The van der Waals surface area contributed by atoms with Crippen LogP contribution in [0.15, 0.2) is 0 Å². The fraction of sp³-hybridized carbons (Fsp3) is 0.857. The second-order valence-corrected chi connectivity index (χ2v) is 6.47. The summed E-state index contributed by atoms with van der Waals surface area (Å²) in [5, 5.41) is 3.22. The van der Waals surface area contributed by atoms with Crippen LogP contribution in [0.3, 0.4) is 0 Å². The first-order chi connectivity index (χ1) is 10.2. The van der Waals surface area contributed by atoms with Crippen LogP contribution in [0.5, 0.6) is 0 Å². The molecule has 23 heavy (non-hydrogen) atoms. The van der Waals surface area contributed by atoms with Gasteiger partial charge in [-0.05, 0) is 13.8 Å². The number of amides is 2. The number of piperazine rings is 1. The molecular weight excluding hydrogens is 359 g/mol. The molecule has 0 aromatic carbocycles. The molecule has 0 aromatic heterocycles. The van der Waals surface area contributed by atoms with Crippen molar-refractivity contribution in [1.29, 1.82) is 0 Å². The Morgan fingerprint density at radius 1 is 1.13 bits per heavy atom. The fourth-order valence-electron chi connectivity index (χ4n) is 2.77. The average Bonchev–Trinajstić information content (AvgIpc) is 3.03. The Balaban J connectivity index is 0.00000242. The number of halogens is 2. The third-order valence-corrected chi connectivity index (χ3v) is 5.11. The van der Waals surface area contributed by atoms with Gasteiger partial charge in [-0.15, -0.1) is 36.6 Å². The van der Waals surface area contributed by atoms with Crippen molar-refractivity contribution in [3.8, 4) is 0 Å². The minimum Gasteiger partial charge on any atom is -0.342 e. The number of carbonyl (C=O) groups is 2. The number of hydrogen-bond donors (Lipinski definition) is 1. The molecule has 0 saturated carbocycles. The van der Waals surface area contributed by atoms with Crippen LogP contribution in [0.1, 0.15) is 13.8 Å². The van der Waals surface area contributed by atoms with E-state index in [0.717, 1.165) is 50.9 Å². The van der Waals surface area contributed by atoms with Crippen LogP contribution in [0.2, 0.25) is 0 Å². The number of rotatable bonds is 5. The molecule has 6 nitrogen and oxygen atoms in total. The van der Waals surface area contributed by atoms with Crippen molar-refractivity contribution in [3.05, 3.63) is 0 Å². The van der Waals surface area contributed by atoms with Crippen molar-refractivity contribution in [2.45, 2.75) is 19.9 Å². The van der Waals surface area contributed by atoms with Gasteiger partial charge in [0.05, 0.1) is 12.6 Å². The zero-order valence-electron chi connectivity index (χ0n) is 13.8. The molecule has 0 bridgehead atoms. The van der Waals surface area contributed by atoms with Crippen molar-refractivity contribution >= 4 is 48.4 Å². The molecule has 0 radical (unpaired) electrons. The molecule has 1 N–H and O–H groups in total. The highest BCUT2D eigenvalue weighted by Crippen LogP contribution is 2.13. The lowest BCUT2D eigenvalue weighted by atomic mass is 10.2. The van der Waals surface area contributed by atoms with Gasteiger partial charge in [0, 0.05) is 50.9 Å². The molecule has 0 spiro atoms. The first kappa shape index (κ1) is 22.8. The van der Waals surface area contributed by atoms with Crippen LogP contribution in [0.4, 0.5) is 0 Å². The van der Waals surface area contributed by atoms with E-state index in [1.165, 1.54) is 0 Å². The molecular formula is C14H28Cl2N4O2S. The maximum absolute atomic E-state index is 12.3. The van der Waals surface area contributed by atoms with E-state index in [1.54, 1.807) is 11.8 Å². The molecule has 2 amide bonds. The average molecular weight is 387 g/mol. The summed E-state index contributed by atoms with van der Waals surface area (Å²) in [6.45, 7) is 9.05.